The molecule has 0 fully saturated rings. The Kier molecular flexibility index (Phi) is 8.36. The van der Waals surface area contributed by atoms with Crippen molar-refractivity contribution in [3.8, 4) is 0 Å². The molecule has 1 aromatic carbocycles. The Balaban J connectivity index is 2.66. The number of hydrogen-bond acceptors (Lipinski definition) is 6. The number of ketones is 1. The summed E-state index contributed by atoms with van der Waals surface area (Å²) in [5.74, 6) is -0.684. The number of methoxy groups -OCH3 is 1. The van der Waals surface area contributed by atoms with E-state index in [0.717, 1.165) is 0 Å². The second kappa shape index (κ2) is 10.0. The molecule has 0 bridgehead atoms. The summed E-state index contributed by atoms with van der Waals surface area (Å²) < 4.78 is 10.0. The third-order valence-electron chi connectivity index (χ3n) is 2.80. The van der Waals surface area contributed by atoms with E-state index in [1.165, 1.54) is 32.7 Å². The fraction of sp³-hybridized carbons (Fsp3) is 0.438. The average Bonchev–Trinajstić information content (AvgIpc) is 2.53. The fourth-order valence-electron chi connectivity index (χ4n) is 1.64. The highest BCUT2D eigenvalue weighted by molar-refractivity contribution is 8.00. The summed E-state index contributed by atoms with van der Waals surface area (Å²) in [4.78, 5) is 35.8. The van der Waals surface area contributed by atoms with Gasteiger partial charge in [-0.25, -0.2) is 4.79 Å². The first kappa shape index (κ1) is 19.2. The molecule has 0 aliphatic rings. The van der Waals surface area contributed by atoms with Crippen LogP contribution < -0.4 is 5.32 Å². The maximum absolute atomic E-state index is 12.2. The van der Waals surface area contributed by atoms with Gasteiger partial charge >= 0.3 is 5.97 Å². The first-order chi connectivity index (χ1) is 11.0. The number of ether oxygens (including phenoxy) is 2. The van der Waals surface area contributed by atoms with Gasteiger partial charge in [-0.15, -0.1) is 11.8 Å². The maximum atomic E-state index is 12.2. The Hall–Kier alpha value is -1.86. The maximum Gasteiger partial charge on any atom is 0.340 e. The van der Waals surface area contributed by atoms with E-state index in [4.69, 9.17) is 9.47 Å². The minimum Gasteiger partial charge on any atom is -0.449 e. The van der Waals surface area contributed by atoms with Gasteiger partial charge in [-0.3, -0.25) is 9.59 Å². The zero-order chi connectivity index (χ0) is 17.2. The standard InChI is InChI=1S/C16H21NO5S/c1-11(18)10-23-14-7-5-4-6-13(14)16(20)22-12(2)15(19)17-8-9-21-3/h4-7,12H,8-10H2,1-3H3,(H,17,19)/t12-/m1/s1. The fourth-order valence-corrected chi connectivity index (χ4v) is 2.48. The van der Waals surface area contributed by atoms with Gasteiger partial charge in [0.25, 0.3) is 5.91 Å². The van der Waals surface area contributed by atoms with Crippen LogP contribution in [0.2, 0.25) is 0 Å². The molecule has 0 aliphatic heterocycles. The van der Waals surface area contributed by atoms with Crippen molar-refractivity contribution in [2.24, 2.45) is 0 Å². The number of nitrogens with one attached hydrogen (secondary N) is 1. The summed E-state index contributed by atoms with van der Waals surface area (Å²) in [7, 11) is 1.53. The van der Waals surface area contributed by atoms with Gasteiger partial charge in [0.15, 0.2) is 6.10 Å². The van der Waals surface area contributed by atoms with Gasteiger partial charge in [0.2, 0.25) is 0 Å². The van der Waals surface area contributed by atoms with Crippen LogP contribution in [0.5, 0.6) is 0 Å². The Labute approximate surface area is 139 Å². The highest BCUT2D eigenvalue weighted by Crippen LogP contribution is 2.23. The summed E-state index contributed by atoms with van der Waals surface area (Å²) in [5, 5.41) is 2.60. The zero-order valence-electron chi connectivity index (χ0n) is 13.5. The summed E-state index contributed by atoms with van der Waals surface area (Å²) >= 11 is 1.27. The Morgan fingerprint density at radius 1 is 1.26 bits per heavy atom. The summed E-state index contributed by atoms with van der Waals surface area (Å²) in [5.41, 5.74) is 0.343. The first-order valence-electron chi connectivity index (χ1n) is 7.14. The number of esters is 1. The molecule has 0 spiro atoms. The SMILES string of the molecule is COCCNC(=O)[C@@H](C)OC(=O)c1ccccc1SCC(C)=O. The second-order valence-corrected chi connectivity index (χ2v) is 5.84. The summed E-state index contributed by atoms with van der Waals surface area (Å²) in [6, 6.07) is 6.84. The van der Waals surface area contributed by atoms with Crippen LogP contribution in [0.1, 0.15) is 24.2 Å². The lowest BCUT2D eigenvalue weighted by Crippen LogP contribution is -2.37. The van der Waals surface area contributed by atoms with Crippen LogP contribution in [0.15, 0.2) is 29.2 Å². The van der Waals surface area contributed by atoms with Crippen LogP contribution in [0.25, 0.3) is 0 Å². The van der Waals surface area contributed by atoms with Crippen LogP contribution >= 0.6 is 11.8 Å². The molecule has 7 heteroatoms. The molecule has 1 rings (SSSR count). The van der Waals surface area contributed by atoms with E-state index in [1.54, 1.807) is 24.3 Å². The van der Waals surface area contributed by atoms with Gasteiger partial charge in [-0.1, -0.05) is 12.1 Å². The van der Waals surface area contributed by atoms with Crippen molar-refractivity contribution >= 4 is 29.4 Å². The number of thioether (sulfide) groups is 1. The number of Topliss-reactive ketones (excluding diaryl/α,β-unsaturated/α-hetero) is 1. The van der Waals surface area contributed by atoms with Crippen molar-refractivity contribution in [1.29, 1.82) is 0 Å². The minimum absolute atomic E-state index is 0.0176. The van der Waals surface area contributed by atoms with Crippen LogP contribution in [-0.4, -0.2) is 49.8 Å². The largest absolute Gasteiger partial charge is 0.449 e. The lowest BCUT2D eigenvalue weighted by atomic mass is 10.2. The van der Waals surface area contributed by atoms with E-state index in [-0.39, 0.29) is 17.4 Å². The molecule has 6 nitrogen and oxygen atoms in total. The predicted octanol–water partition coefficient (Wildman–Crippen LogP) is 1.68. The average molecular weight is 339 g/mol. The van der Waals surface area contributed by atoms with E-state index in [9.17, 15) is 14.4 Å². The normalized spacial score (nSPS) is 11.6. The molecule has 0 aliphatic carbocycles. The van der Waals surface area contributed by atoms with Gasteiger partial charge < -0.3 is 14.8 Å². The summed E-state index contributed by atoms with van der Waals surface area (Å²) in [6.45, 7) is 3.73. The van der Waals surface area contributed by atoms with Gasteiger partial charge in [-0.05, 0) is 26.0 Å². The van der Waals surface area contributed by atoms with E-state index in [2.05, 4.69) is 5.32 Å². The smallest absolute Gasteiger partial charge is 0.340 e. The van der Waals surface area contributed by atoms with Gasteiger partial charge in [0, 0.05) is 18.6 Å². The number of carbonyl (C=O) groups is 3. The molecule has 1 amide bonds. The molecule has 0 saturated heterocycles. The van der Waals surface area contributed by atoms with E-state index in [1.807, 2.05) is 0 Å². The molecule has 0 aromatic heterocycles. The van der Waals surface area contributed by atoms with Crippen LogP contribution in [0.4, 0.5) is 0 Å². The molecule has 0 radical (unpaired) electrons. The van der Waals surface area contributed by atoms with Crippen molar-refractivity contribution < 1.29 is 23.9 Å². The molecule has 126 valence electrons. The number of hydrogen-bond donors (Lipinski definition) is 1. The van der Waals surface area contributed by atoms with Crippen LogP contribution in [0.3, 0.4) is 0 Å². The molecular weight excluding hydrogens is 318 g/mol. The second-order valence-electron chi connectivity index (χ2n) is 4.82. The molecular formula is C16H21NO5S. The highest BCUT2D eigenvalue weighted by Gasteiger charge is 2.20. The number of benzene rings is 1. The third-order valence-corrected chi connectivity index (χ3v) is 4.01. The van der Waals surface area contributed by atoms with Crippen molar-refractivity contribution in [3.05, 3.63) is 29.8 Å². The van der Waals surface area contributed by atoms with E-state index in [0.29, 0.717) is 23.6 Å². The minimum atomic E-state index is -0.912. The lowest BCUT2D eigenvalue weighted by Gasteiger charge is -2.14. The van der Waals surface area contributed by atoms with Gasteiger partial charge in [-0.2, -0.15) is 0 Å². The Bertz CT molecular complexity index is 561. The van der Waals surface area contributed by atoms with E-state index >= 15 is 0 Å². The molecule has 0 heterocycles. The highest BCUT2D eigenvalue weighted by atomic mass is 32.2. The monoisotopic (exact) mass is 339 g/mol. The van der Waals surface area contributed by atoms with Gasteiger partial charge in [0.1, 0.15) is 5.78 Å². The lowest BCUT2D eigenvalue weighted by molar-refractivity contribution is -0.129. The molecule has 0 saturated carbocycles. The third kappa shape index (κ3) is 6.83. The Morgan fingerprint density at radius 3 is 2.61 bits per heavy atom. The van der Waals surface area contributed by atoms with Gasteiger partial charge in [0.05, 0.1) is 17.9 Å². The predicted molar refractivity (Wildman–Crippen MR) is 87.6 cm³/mol. The van der Waals surface area contributed by atoms with Crippen molar-refractivity contribution in [2.75, 3.05) is 26.0 Å². The van der Waals surface area contributed by atoms with E-state index < -0.39 is 12.1 Å². The zero-order valence-corrected chi connectivity index (χ0v) is 14.3. The van der Waals surface area contributed by atoms with Crippen LogP contribution in [0, 0.1) is 0 Å². The molecule has 1 N–H and O–H groups in total. The quantitative estimate of drug-likeness (QED) is 0.419. The van der Waals surface area contributed by atoms with Crippen molar-refractivity contribution in [3.63, 3.8) is 0 Å². The molecule has 0 unspecified atom stereocenters. The molecule has 23 heavy (non-hydrogen) atoms. The number of rotatable bonds is 9. The number of amides is 1. The Morgan fingerprint density at radius 2 is 1.96 bits per heavy atom. The molecule has 1 atom stereocenters. The molecule has 1 aromatic rings. The first-order valence-corrected chi connectivity index (χ1v) is 8.13. The van der Waals surface area contributed by atoms with Crippen molar-refractivity contribution in [1.82, 2.24) is 5.32 Å². The summed E-state index contributed by atoms with van der Waals surface area (Å²) in [6.07, 6.45) is -0.912. The topological polar surface area (TPSA) is 81.7 Å². The number of carbonyl (C=O) groups excluding carboxylic acids is 3. The van der Waals surface area contributed by atoms with Crippen LogP contribution in [-0.2, 0) is 19.1 Å². The van der Waals surface area contributed by atoms with Crippen molar-refractivity contribution in [2.45, 2.75) is 24.8 Å².